The molecule has 0 aromatic carbocycles. The van der Waals surface area contributed by atoms with Crippen molar-refractivity contribution in [2.45, 2.75) is 13.3 Å². The highest BCUT2D eigenvalue weighted by Gasteiger charge is 2.14. The number of aryl methyl sites for hydroxylation is 1. The fraction of sp³-hybridized carbons (Fsp3) is 0.182. The summed E-state index contributed by atoms with van der Waals surface area (Å²) >= 11 is 0. The van der Waals surface area contributed by atoms with Crippen molar-refractivity contribution in [2.75, 3.05) is 0 Å². The molecule has 0 saturated heterocycles. The maximum Gasteiger partial charge on any atom is 0.222 e. The van der Waals surface area contributed by atoms with Gasteiger partial charge in [-0.05, 0) is 18.6 Å². The van der Waals surface area contributed by atoms with Crippen molar-refractivity contribution >= 4 is 0 Å². The summed E-state index contributed by atoms with van der Waals surface area (Å²) in [6, 6.07) is 3.07. The number of halogens is 2. The van der Waals surface area contributed by atoms with Gasteiger partial charge in [-0.25, -0.2) is 9.37 Å². The van der Waals surface area contributed by atoms with Gasteiger partial charge in [0.15, 0.2) is 5.82 Å². The Morgan fingerprint density at radius 1 is 1.40 bits per heavy atom. The SMILES string of the molecule is CCc1c[nH]c(-c2cccnc2F)c1F. The fourth-order valence-electron chi connectivity index (χ4n) is 1.47. The number of pyridine rings is 1. The van der Waals surface area contributed by atoms with E-state index in [2.05, 4.69) is 9.97 Å². The van der Waals surface area contributed by atoms with Crippen LogP contribution < -0.4 is 0 Å². The Morgan fingerprint density at radius 3 is 2.80 bits per heavy atom. The predicted molar refractivity (Wildman–Crippen MR) is 53.3 cm³/mol. The summed E-state index contributed by atoms with van der Waals surface area (Å²) in [5, 5.41) is 0. The summed E-state index contributed by atoms with van der Waals surface area (Å²) in [4.78, 5) is 6.21. The van der Waals surface area contributed by atoms with E-state index in [1.807, 2.05) is 6.92 Å². The second-order valence-corrected chi connectivity index (χ2v) is 3.20. The lowest BCUT2D eigenvalue weighted by Crippen LogP contribution is -1.90. The van der Waals surface area contributed by atoms with E-state index >= 15 is 0 Å². The third-order valence-electron chi connectivity index (χ3n) is 2.30. The van der Waals surface area contributed by atoms with Crippen LogP contribution in [0.4, 0.5) is 8.78 Å². The highest BCUT2D eigenvalue weighted by molar-refractivity contribution is 5.60. The smallest absolute Gasteiger partial charge is 0.222 e. The van der Waals surface area contributed by atoms with Crippen molar-refractivity contribution in [1.82, 2.24) is 9.97 Å². The molecule has 0 radical (unpaired) electrons. The van der Waals surface area contributed by atoms with Gasteiger partial charge in [0.05, 0.1) is 11.3 Å². The molecule has 0 amide bonds. The van der Waals surface area contributed by atoms with Crippen LogP contribution in [0.15, 0.2) is 24.5 Å². The van der Waals surface area contributed by atoms with Gasteiger partial charge in [-0.1, -0.05) is 6.92 Å². The summed E-state index contributed by atoms with van der Waals surface area (Å²) < 4.78 is 26.9. The van der Waals surface area contributed by atoms with Crippen LogP contribution in [0.5, 0.6) is 0 Å². The van der Waals surface area contributed by atoms with E-state index in [-0.39, 0.29) is 11.3 Å². The van der Waals surface area contributed by atoms with Crippen molar-refractivity contribution < 1.29 is 8.78 Å². The monoisotopic (exact) mass is 208 g/mol. The number of rotatable bonds is 2. The van der Waals surface area contributed by atoms with E-state index in [9.17, 15) is 8.78 Å². The van der Waals surface area contributed by atoms with Gasteiger partial charge in [-0.2, -0.15) is 4.39 Å². The molecule has 0 spiro atoms. The van der Waals surface area contributed by atoms with E-state index < -0.39 is 11.8 Å². The summed E-state index contributed by atoms with van der Waals surface area (Å²) in [6.45, 7) is 1.84. The minimum absolute atomic E-state index is 0.162. The topological polar surface area (TPSA) is 28.7 Å². The van der Waals surface area contributed by atoms with Crippen molar-refractivity contribution in [2.24, 2.45) is 0 Å². The fourth-order valence-corrected chi connectivity index (χ4v) is 1.47. The molecule has 0 bridgehead atoms. The maximum atomic E-state index is 13.7. The molecule has 78 valence electrons. The van der Waals surface area contributed by atoms with E-state index in [4.69, 9.17) is 0 Å². The average molecular weight is 208 g/mol. The van der Waals surface area contributed by atoms with Gasteiger partial charge < -0.3 is 4.98 Å². The van der Waals surface area contributed by atoms with Crippen LogP contribution in [-0.4, -0.2) is 9.97 Å². The van der Waals surface area contributed by atoms with Crippen LogP contribution in [0.1, 0.15) is 12.5 Å². The van der Waals surface area contributed by atoms with Crippen LogP contribution >= 0.6 is 0 Å². The van der Waals surface area contributed by atoms with Gasteiger partial charge in [0, 0.05) is 18.0 Å². The number of aromatic nitrogens is 2. The van der Waals surface area contributed by atoms with Crippen molar-refractivity contribution in [3.63, 3.8) is 0 Å². The summed E-state index contributed by atoms with van der Waals surface area (Å²) in [7, 11) is 0. The molecule has 0 fully saturated rings. The summed E-state index contributed by atoms with van der Waals surface area (Å²) in [5.41, 5.74) is 0.875. The molecule has 0 aliphatic heterocycles. The molecule has 2 aromatic heterocycles. The lowest BCUT2D eigenvalue weighted by molar-refractivity contribution is 0.581. The molecule has 0 saturated carbocycles. The zero-order valence-corrected chi connectivity index (χ0v) is 8.22. The molecule has 0 unspecified atom stereocenters. The Bertz CT molecular complexity index is 477. The van der Waals surface area contributed by atoms with Crippen LogP contribution in [0.2, 0.25) is 0 Å². The van der Waals surface area contributed by atoms with Gasteiger partial charge in [0.1, 0.15) is 0 Å². The third kappa shape index (κ3) is 1.63. The van der Waals surface area contributed by atoms with Crippen molar-refractivity contribution in [1.29, 1.82) is 0 Å². The lowest BCUT2D eigenvalue weighted by atomic mass is 10.1. The second-order valence-electron chi connectivity index (χ2n) is 3.20. The number of hydrogen-bond acceptors (Lipinski definition) is 1. The Hall–Kier alpha value is -1.71. The molecular weight excluding hydrogens is 198 g/mol. The predicted octanol–water partition coefficient (Wildman–Crippen LogP) is 2.92. The minimum atomic E-state index is -0.666. The highest BCUT2D eigenvalue weighted by atomic mass is 19.1. The normalized spacial score (nSPS) is 10.6. The molecular formula is C11H10F2N2. The third-order valence-corrected chi connectivity index (χ3v) is 2.30. The Balaban J connectivity index is 2.55. The van der Waals surface area contributed by atoms with Gasteiger partial charge >= 0.3 is 0 Å². The van der Waals surface area contributed by atoms with E-state index in [1.165, 1.54) is 12.3 Å². The molecule has 2 heterocycles. The quantitative estimate of drug-likeness (QED) is 0.755. The molecule has 0 atom stereocenters. The number of nitrogens with zero attached hydrogens (tertiary/aromatic N) is 1. The molecule has 0 aliphatic rings. The molecule has 4 heteroatoms. The number of aromatic amines is 1. The van der Waals surface area contributed by atoms with Crippen LogP contribution in [0, 0.1) is 11.8 Å². The van der Waals surface area contributed by atoms with E-state index in [1.54, 1.807) is 12.3 Å². The Kier molecular flexibility index (Phi) is 2.49. The molecule has 2 aromatic rings. The lowest BCUT2D eigenvalue weighted by Gasteiger charge is -1.99. The standard InChI is InChI=1S/C11H10F2N2/c1-2-7-6-15-10(9(7)12)8-4-3-5-14-11(8)13/h3-6,15H,2H2,1H3. The second kappa shape index (κ2) is 3.81. The number of hydrogen-bond donors (Lipinski definition) is 1. The molecule has 0 aliphatic carbocycles. The van der Waals surface area contributed by atoms with Gasteiger partial charge in [-0.15, -0.1) is 0 Å². The number of nitrogens with one attached hydrogen (secondary N) is 1. The zero-order chi connectivity index (χ0) is 10.8. The number of H-pyrrole nitrogens is 1. The summed E-state index contributed by atoms with van der Waals surface area (Å²) in [6.07, 6.45) is 3.46. The van der Waals surface area contributed by atoms with Crippen molar-refractivity contribution in [3.05, 3.63) is 41.9 Å². The van der Waals surface area contributed by atoms with E-state index in [0.29, 0.717) is 12.0 Å². The van der Waals surface area contributed by atoms with Gasteiger partial charge in [0.25, 0.3) is 0 Å². The Labute approximate surface area is 86.0 Å². The largest absolute Gasteiger partial charge is 0.358 e. The molecule has 1 N–H and O–H groups in total. The molecule has 2 rings (SSSR count). The first-order valence-corrected chi connectivity index (χ1v) is 4.70. The summed E-state index contributed by atoms with van der Waals surface area (Å²) in [5.74, 6) is -1.06. The highest BCUT2D eigenvalue weighted by Crippen LogP contribution is 2.25. The maximum absolute atomic E-state index is 13.7. The first-order valence-electron chi connectivity index (χ1n) is 4.70. The van der Waals surface area contributed by atoms with Crippen LogP contribution in [0.3, 0.4) is 0 Å². The first-order chi connectivity index (χ1) is 7.24. The van der Waals surface area contributed by atoms with Gasteiger partial charge in [0.2, 0.25) is 5.95 Å². The minimum Gasteiger partial charge on any atom is -0.358 e. The van der Waals surface area contributed by atoms with Crippen molar-refractivity contribution in [3.8, 4) is 11.3 Å². The Morgan fingerprint density at radius 2 is 2.20 bits per heavy atom. The zero-order valence-electron chi connectivity index (χ0n) is 8.22. The van der Waals surface area contributed by atoms with Crippen LogP contribution in [-0.2, 0) is 6.42 Å². The van der Waals surface area contributed by atoms with Gasteiger partial charge in [-0.3, -0.25) is 0 Å². The van der Waals surface area contributed by atoms with E-state index in [0.717, 1.165) is 0 Å². The van der Waals surface area contributed by atoms with Crippen LogP contribution in [0.25, 0.3) is 11.3 Å². The molecule has 15 heavy (non-hydrogen) atoms. The first kappa shape index (κ1) is 9.83. The molecule has 2 nitrogen and oxygen atoms in total. The average Bonchev–Trinajstić information content (AvgIpc) is 2.60.